The molecule has 1 amide bonds. The molecule has 0 unspecified atom stereocenters. The summed E-state index contributed by atoms with van der Waals surface area (Å²) < 4.78 is 10.5. The Morgan fingerprint density at radius 2 is 1.54 bits per heavy atom. The second-order valence-electron chi connectivity index (χ2n) is 5.55. The van der Waals surface area contributed by atoms with Gasteiger partial charge in [-0.1, -0.05) is 30.3 Å². The third-order valence-corrected chi connectivity index (χ3v) is 3.64. The number of methoxy groups -OCH3 is 1. The van der Waals surface area contributed by atoms with E-state index in [1.54, 1.807) is 45.5 Å². The number of nitrogens with zero attached hydrogens (tertiary/aromatic N) is 1. The Hall–Kier alpha value is -2.82. The molecule has 5 heteroatoms. The standard InChI is InChI=1S/C19H21NO4/c1-20(2)18(21)13-17(14-7-5-4-6-8-14)19(22)24-16-11-9-15(23-3)10-12-16/h4-12,17H,13H2,1-3H3/t17-/m1/s1. The van der Waals surface area contributed by atoms with Crippen molar-refractivity contribution in [1.29, 1.82) is 0 Å². The zero-order valence-electron chi connectivity index (χ0n) is 14.1. The van der Waals surface area contributed by atoms with Crippen LogP contribution in [-0.4, -0.2) is 38.0 Å². The van der Waals surface area contributed by atoms with E-state index in [1.165, 1.54) is 4.90 Å². The van der Waals surface area contributed by atoms with Crippen molar-refractivity contribution in [3.05, 3.63) is 60.2 Å². The van der Waals surface area contributed by atoms with Gasteiger partial charge in [-0.15, -0.1) is 0 Å². The fraction of sp³-hybridized carbons (Fsp3) is 0.263. The first-order chi connectivity index (χ1) is 11.5. The second kappa shape index (κ2) is 8.15. The predicted octanol–water partition coefficient (Wildman–Crippen LogP) is 2.86. The van der Waals surface area contributed by atoms with Crippen molar-refractivity contribution in [3.8, 4) is 11.5 Å². The molecule has 0 bridgehead atoms. The number of hydrogen-bond donors (Lipinski definition) is 0. The minimum atomic E-state index is -0.650. The van der Waals surface area contributed by atoms with Gasteiger partial charge in [-0.25, -0.2) is 0 Å². The molecule has 0 spiro atoms. The molecule has 24 heavy (non-hydrogen) atoms. The van der Waals surface area contributed by atoms with Crippen molar-refractivity contribution >= 4 is 11.9 Å². The maximum atomic E-state index is 12.6. The molecule has 0 aliphatic rings. The molecule has 2 aromatic rings. The van der Waals surface area contributed by atoms with E-state index in [0.717, 1.165) is 5.56 Å². The summed E-state index contributed by atoms with van der Waals surface area (Å²) in [6, 6.07) is 15.9. The van der Waals surface area contributed by atoms with Gasteiger partial charge >= 0.3 is 5.97 Å². The van der Waals surface area contributed by atoms with Crippen LogP contribution in [0.1, 0.15) is 17.9 Å². The zero-order chi connectivity index (χ0) is 17.5. The third kappa shape index (κ3) is 4.59. The van der Waals surface area contributed by atoms with Crippen LogP contribution in [0.3, 0.4) is 0 Å². The van der Waals surface area contributed by atoms with E-state index in [0.29, 0.717) is 11.5 Å². The van der Waals surface area contributed by atoms with Crippen LogP contribution in [0.25, 0.3) is 0 Å². The average Bonchev–Trinajstić information content (AvgIpc) is 2.60. The smallest absolute Gasteiger partial charge is 0.319 e. The lowest BCUT2D eigenvalue weighted by atomic mass is 9.95. The number of carbonyl (C=O) groups is 2. The van der Waals surface area contributed by atoms with E-state index in [2.05, 4.69) is 0 Å². The Labute approximate surface area is 141 Å². The molecule has 0 saturated carbocycles. The molecule has 0 radical (unpaired) electrons. The molecule has 0 N–H and O–H groups in total. The largest absolute Gasteiger partial charge is 0.497 e. The van der Waals surface area contributed by atoms with Crippen LogP contribution in [0.15, 0.2) is 54.6 Å². The Balaban J connectivity index is 2.18. The molecule has 2 aromatic carbocycles. The van der Waals surface area contributed by atoms with Gasteiger partial charge < -0.3 is 14.4 Å². The number of esters is 1. The number of ether oxygens (including phenoxy) is 2. The summed E-state index contributed by atoms with van der Waals surface area (Å²) in [4.78, 5) is 26.1. The van der Waals surface area contributed by atoms with Crippen LogP contribution < -0.4 is 9.47 Å². The number of rotatable bonds is 6. The maximum absolute atomic E-state index is 12.6. The Bertz CT molecular complexity index is 680. The van der Waals surface area contributed by atoms with E-state index < -0.39 is 11.9 Å². The number of amides is 1. The highest BCUT2D eigenvalue weighted by molar-refractivity contribution is 5.87. The van der Waals surface area contributed by atoms with Crippen molar-refractivity contribution in [1.82, 2.24) is 4.90 Å². The van der Waals surface area contributed by atoms with E-state index in [1.807, 2.05) is 30.3 Å². The second-order valence-corrected chi connectivity index (χ2v) is 5.55. The summed E-state index contributed by atoms with van der Waals surface area (Å²) in [5, 5.41) is 0. The highest BCUT2D eigenvalue weighted by Gasteiger charge is 2.26. The molecule has 5 nitrogen and oxygen atoms in total. The molecular formula is C19H21NO4. The van der Waals surface area contributed by atoms with Crippen molar-refractivity contribution in [3.63, 3.8) is 0 Å². The molecule has 2 rings (SSSR count). The maximum Gasteiger partial charge on any atom is 0.319 e. The van der Waals surface area contributed by atoms with E-state index in [9.17, 15) is 9.59 Å². The molecular weight excluding hydrogens is 306 g/mol. The third-order valence-electron chi connectivity index (χ3n) is 3.64. The van der Waals surface area contributed by atoms with Crippen LogP contribution in [0.5, 0.6) is 11.5 Å². The SMILES string of the molecule is COc1ccc(OC(=O)[C@H](CC(=O)N(C)C)c2ccccc2)cc1. The Morgan fingerprint density at radius 1 is 0.958 bits per heavy atom. The fourth-order valence-corrected chi connectivity index (χ4v) is 2.21. The molecule has 1 atom stereocenters. The van der Waals surface area contributed by atoms with E-state index in [-0.39, 0.29) is 12.3 Å². The van der Waals surface area contributed by atoms with Crippen molar-refractivity contribution < 1.29 is 19.1 Å². The van der Waals surface area contributed by atoms with Gasteiger partial charge in [0.25, 0.3) is 0 Å². The van der Waals surface area contributed by atoms with Gasteiger partial charge in [-0.2, -0.15) is 0 Å². The van der Waals surface area contributed by atoms with Crippen LogP contribution >= 0.6 is 0 Å². The van der Waals surface area contributed by atoms with Gasteiger partial charge in [0.15, 0.2) is 0 Å². The minimum Gasteiger partial charge on any atom is -0.497 e. The van der Waals surface area contributed by atoms with Gasteiger partial charge in [0.1, 0.15) is 11.5 Å². The van der Waals surface area contributed by atoms with Crippen LogP contribution in [0, 0.1) is 0 Å². The molecule has 0 heterocycles. The predicted molar refractivity (Wildman–Crippen MR) is 91.1 cm³/mol. The fourth-order valence-electron chi connectivity index (χ4n) is 2.21. The molecule has 0 aromatic heterocycles. The molecule has 126 valence electrons. The highest BCUT2D eigenvalue weighted by atomic mass is 16.5. The van der Waals surface area contributed by atoms with Gasteiger partial charge in [-0.3, -0.25) is 9.59 Å². The summed E-state index contributed by atoms with van der Waals surface area (Å²) in [6.07, 6.45) is 0.0615. The van der Waals surface area contributed by atoms with Gasteiger partial charge in [0, 0.05) is 20.5 Å². The normalized spacial score (nSPS) is 11.5. The molecule has 0 fully saturated rings. The summed E-state index contributed by atoms with van der Waals surface area (Å²) in [6.45, 7) is 0. The first-order valence-electron chi connectivity index (χ1n) is 7.62. The van der Waals surface area contributed by atoms with Gasteiger partial charge in [-0.05, 0) is 29.8 Å². The van der Waals surface area contributed by atoms with Crippen molar-refractivity contribution in [2.45, 2.75) is 12.3 Å². The average molecular weight is 327 g/mol. The lowest BCUT2D eigenvalue weighted by Crippen LogP contribution is -2.28. The van der Waals surface area contributed by atoms with Crippen LogP contribution in [-0.2, 0) is 9.59 Å². The number of benzene rings is 2. The summed E-state index contributed by atoms with van der Waals surface area (Å²) in [5.74, 6) is -0.142. The lowest BCUT2D eigenvalue weighted by molar-refractivity contribution is -0.140. The lowest BCUT2D eigenvalue weighted by Gasteiger charge is -2.18. The summed E-state index contributed by atoms with van der Waals surface area (Å²) >= 11 is 0. The number of hydrogen-bond acceptors (Lipinski definition) is 4. The zero-order valence-corrected chi connectivity index (χ0v) is 14.1. The van der Waals surface area contributed by atoms with Gasteiger partial charge in [0.2, 0.25) is 5.91 Å². The molecule has 0 saturated heterocycles. The molecule has 0 aliphatic heterocycles. The van der Waals surface area contributed by atoms with Crippen molar-refractivity contribution in [2.24, 2.45) is 0 Å². The summed E-state index contributed by atoms with van der Waals surface area (Å²) in [7, 11) is 4.90. The minimum absolute atomic E-state index is 0.0615. The van der Waals surface area contributed by atoms with Crippen LogP contribution in [0.4, 0.5) is 0 Å². The first-order valence-corrected chi connectivity index (χ1v) is 7.62. The quantitative estimate of drug-likeness (QED) is 0.605. The first kappa shape index (κ1) is 17.5. The summed E-state index contributed by atoms with van der Waals surface area (Å²) in [5.41, 5.74) is 0.756. The monoisotopic (exact) mass is 327 g/mol. The Morgan fingerprint density at radius 3 is 2.08 bits per heavy atom. The topological polar surface area (TPSA) is 55.8 Å². The van der Waals surface area contributed by atoms with Gasteiger partial charge in [0.05, 0.1) is 13.0 Å². The highest BCUT2D eigenvalue weighted by Crippen LogP contribution is 2.24. The van der Waals surface area contributed by atoms with E-state index in [4.69, 9.17) is 9.47 Å². The van der Waals surface area contributed by atoms with Crippen molar-refractivity contribution in [2.75, 3.05) is 21.2 Å². The Kier molecular flexibility index (Phi) is 5.95. The van der Waals surface area contributed by atoms with E-state index >= 15 is 0 Å². The molecule has 0 aliphatic carbocycles. The van der Waals surface area contributed by atoms with Crippen LogP contribution in [0.2, 0.25) is 0 Å². The number of carbonyl (C=O) groups excluding carboxylic acids is 2.